The van der Waals surface area contributed by atoms with Crippen LogP contribution in [0, 0.1) is 0 Å². The van der Waals surface area contributed by atoms with E-state index in [1.807, 2.05) is 0 Å². The molecule has 2 fully saturated rings. The summed E-state index contributed by atoms with van der Waals surface area (Å²) in [5, 5.41) is -0.172. The van der Waals surface area contributed by atoms with Crippen LogP contribution in [0.5, 0.6) is 0 Å². The molecule has 0 spiro atoms. The second kappa shape index (κ2) is 12.8. The van der Waals surface area contributed by atoms with Crippen molar-refractivity contribution in [1.82, 2.24) is 4.90 Å². The fraction of sp³-hybridized carbons (Fsp3) is 0.286. The number of anilines is 3. The van der Waals surface area contributed by atoms with E-state index in [-0.39, 0.29) is 18.5 Å². The van der Waals surface area contributed by atoms with E-state index in [0.717, 1.165) is 43.0 Å². The Labute approximate surface area is 281 Å². The van der Waals surface area contributed by atoms with E-state index in [4.69, 9.17) is 9.31 Å². The monoisotopic (exact) mass is 620 g/mol. The van der Waals surface area contributed by atoms with Gasteiger partial charge in [0.15, 0.2) is 0 Å². The minimum absolute atomic E-state index is 0.0774. The van der Waals surface area contributed by atoms with Crippen molar-refractivity contribution in [2.45, 2.75) is 76.2 Å². The van der Waals surface area contributed by atoms with Gasteiger partial charge in [-0.15, -0.1) is 0 Å². The Morgan fingerprint density at radius 2 is 0.915 bits per heavy atom. The highest BCUT2D eigenvalue weighted by molar-refractivity contribution is 6.51. The highest BCUT2D eigenvalue weighted by Gasteiger charge is 2.68. The van der Waals surface area contributed by atoms with E-state index >= 15 is 0 Å². The van der Waals surface area contributed by atoms with Crippen LogP contribution in [0.1, 0.15) is 63.3 Å². The van der Waals surface area contributed by atoms with E-state index in [2.05, 4.69) is 183 Å². The van der Waals surface area contributed by atoms with Crippen molar-refractivity contribution < 1.29 is 9.31 Å². The minimum atomic E-state index is -0.392. The molecule has 2 aliphatic rings. The molecule has 1 heterocycles. The lowest BCUT2D eigenvalue weighted by Crippen LogP contribution is -2.41. The summed E-state index contributed by atoms with van der Waals surface area (Å²) in [4.78, 5) is 4.98. The highest BCUT2D eigenvalue weighted by atomic mass is 16.7. The van der Waals surface area contributed by atoms with Crippen molar-refractivity contribution in [3.8, 4) is 0 Å². The van der Waals surface area contributed by atoms with Crippen LogP contribution in [0.25, 0.3) is 0 Å². The smallest absolute Gasteiger partial charge is 0.403 e. The van der Waals surface area contributed by atoms with E-state index in [1.165, 1.54) is 16.7 Å². The van der Waals surface area contributed by atoms with Crippen molar-refractivity contribution >= 4 is 24.2 Å². The zero-order valence-electron chi connectivity index (χ0n) is 28.1. The summed E-state index contributed by atoms with van der Waals surface area (Å²) in [7, 11) is -0.295. The molecule has 7 rings (SSSR count). The molecule has 47 heavy (non-hydrogen) atoms. The average Bonchev–Trinajstić information content (AvgIpc) is 3.84. The molecule has 1 aliphatic carbocycles. The van der Waals surface area contributed by atoms with Crippen LogP contribution in [0.3, 0.4) is 0 Å². The number of nitrogens with zero attached hydrogens (tertiary/aromatic N) is 2. The van der Waals surface area contributed by atoms with Gasteiger partial charge in [0.05, 0.1) is 11.2 Å². The van der Waals surface area contributed by atoms with Gasteiger partial charge in [-0.1, -0.05) is 109 Å². The summed E-state index contributed by atoms with van der Waals surface area (Å²) in [6.45, 7) is 10.3. The Hall–Kier alpha value is -4.16. The van der Waals surface area contributed by atoms with Gasteiger partial charge in [0.25, 0.3) is 0 Å². The number of para-hydroxylation sites is 2. The minimum Gasteiger partial charge on any atom is -0.403 e. The summed E-state index contributed by atoms with van der Waals surface area (Å²) in [6, 6.07) is 52.3. The van der Waals surface area contributed by atoms with E-state index in [9.17, 15) is 0 Å². The van der Waals surface area contributed by atoms with Crippen molar-refractivity contribution in [2.75, 3.05) is 4.90 Å². The normalized spacial score (nSPS) is 18.2. The first-order chi connectivity index (χ1) is 22.8. The molecular weight excluding hydrogens is 575 g/mol. The van der Waals surface area contributed by atoms with Crippen LogP contribution in [-0.2, 0) is 22.4 Å². The lowest BCUT2D eigenvalue weighted by atomic mass is 9.61. The molecule has 5 aromatic carbocycles. The van der Waals surface area contributed by atoms with E-state index in [0.29, 0.717) is 0 Å². The van der Waals surface area contributed by atoms with Gasteiger partial charge in [-0.05, 0) is 93.6 Å². The summed E-state index contributed by atoms with van der Waals surface area (Å²) in [5.41, 5.74) is 6.50. The Kier molecular flexibility index (Phi) is 8.56. The van der Waals surface area contributed by atoms with Gasteiger partial charge in [-0.3, -0.25) is 4.90 Å². The summed E-state index contributed by atoms with van der Waals surface area (Å²) in [6.07, 6.45) is 2.10. The molecule has 4 nitrogen and oxygen atoms in total. The maximum absolute atomic E-state index is 6.86. The molecule has 0 aromatic heterocycles. The number of rotatable bonds is 11. The summed E-state index contributed by atoms with van der Waals surface area (Å²) in [5.74, 6) is 0. The van der Waals surface area contributed by atoms with Gasteiger partial charge < -0.3 is 14.2 Å². The third kappa shape index (κ3) is 6.40. The van der Waals surface area contributed by atoms with Gasteiger partial charge in [0.1, 0.15) is 0 Å². The molecule has 1 unspecified atom stereocenters. The zero-order valence-corrected chi connectivity index (χ0v) is 28.1. The SMILES string of the molecule is CC1(C)OB(C2(C(c3ccc(N(c4ccccc4)c4ccccc4)cc3)N(Cc3ccccc3)Cc3ccccc3)CC2)OC1(C)C. The standard InChI is InChI=1S/C42H45BN2O2/c1-40(2)41(3,4)47-43(46-40)42(29-30-42)39(44(31-33-17-9-5-10-18-33)32-34-19-11-6-12-20-34)35-25-27-38(28-26-35)45(36-21-13-7-14-22-36)37-23-15-8-16-24-37/h5-28,39H,29-32H2,1-4H3. The number of benzene rings is 5. The predicted molar refractivity (Wildman–Crippen MR) is 194 cm³/mol. The fourth-order valence-corrected chi connectivity index (χ4v) is 7.05. The largest absolute Gasteiger partial charge is 0.466 e. The third-order valence-corrected chi connectivity index (χ3v) is 10.4. The molecular formula is C42H45BN2O2. The molecule has 1 saturated heterocycles. The topological polar surface area (TPSA) is 24.9 Å². The Morgan fingerprint density at radius 3 is 1.32 bits per heavy atom. The van der Waals surface area contributed by atoms with Gasteiger partial charge in [0.2, 0.25) is 0 Å². The first-order valence-corrected chi connectivity index (χ1v) is 16.9. The van der Waals surface area contributed by atoms with Gasteiger partial charge >= 0.3 is 7.12 Å². The van der Waals surface area contributed by atoms with Crippen LogP contribution in [0.15, 0.2) is 146 Å². The Bertz CT molecular complexity index is 1640. The van der Waals surface area contributed by atoms with Crippen molar-refractivity contribution in [3.05, 3.63) is 162 Å². The molecule has 0 bridgehead atoms. The Balaban J connectivity index is 1.32. The van der Waals surface area contributed by atoms with Crippen LogP contribution in [0.4, 0.5) is 17.1 Å². The first-order valence-electron chi connectivity index (χ1n) is 16.9. The van der Waals surface area contributed by atoms with Crippen molar-refractivity contribution in [2.24, 2.45) is 0 Å². The fourth-order valence-electron chi connectivity index (χ4n) is 7.05. The van der Waals surface area contributed by atoms with Crippen molar-refractivity contribution in [1.29, 1.82) is 0 Å². The maximum Gasteiger partial charge on any atom is 0.466 e. The molecule has 5 heteroatoms. The number of hydrogen-bond acceptors (Lipinski definition) is 4. The zero-order chi connectivity index (χ0) is 32.5. The summed E-state index contributed by atoms with van der Waals surface area (Å²) < 4.78 is 13.7. The van der Waals surface area contributed by atoms with E-state index < -0.39 is 11.2 Å². The second-order valence-electron chi connectivity index (χ2n) is 14.2. The first kappa shape index (κ1) is 31.4. The van der Waals surface area contributed by atoms with Crippen LogP contribution in [0.2, 0.25) is 5.31 Å². The molecule has 0 amide bonds. The average molecular weight is 621 g/mol. The molecule has 1 aliphatic heterocycles. The highest BCUT2D eigenvalue weighted by Crippen LogP contribution is 2.69. The van der Waals surface area contributed by atoms with Crippen LogP contribution in [-0.4, -0.2) is 23.2 Å². The molecule has 5 aromatic rings. The molecule has 1 saturated carbocycles. The van der Waals surface area contributed by atoms with Crippen molar-refractivity contribution in [3.63, 3.8) is 0 Å². The lowest BCUT2D eigenvalue weighted by Gasteiger charge is -2.39. The molecule has 1 atom stereocenters. The van der Waals surface area contributed by atoms with Gasteiger partial charge in [-0.2, -0.15) is 0 Å². The quantitative estimate of drug-likeness (QED) is 0.137. The van der Waals surface area contributed by atoms with Crippen LogP contribution >= 0.6 is 0 Å². The predicted octanol–water partition coefficient (Wildman–Crippen LogP) is 10.5. The van der Waals surface area contributed by atoms with Crippen LogP contribution < -0.4 is 4.90 Å². The Morgan fingerprint density at radius 1 is 0.532 bits per heavy atom. The lowest BCUT2D eigenvalue weighted by molar-refractivity contribution is 0.00578. The second-order valence-corrected chi connectivity index (χ2v) is 14.2. The molecule has 0 N–H and O–H groups in total. The molecule has 238 valence electrons. The summed E-state index contributed by atoms with van der Waals surface area (Å²) >= 11 is 0. The van der Waals surface area contributed by atoms with Gasteiger partial charge in [-0.25, -0.2) is 0 Å². The third-order valence-electron chi connectivity index (χ3n) is 10.4. The maximum atomic E-state index is 6.86. The number of hydrogen-bond donors (Lipinski definition) is 0. The van der Waals surface area contributed by atoms with Gasteiger partial charge in [0, 0.05) is 41.5 Å². The molecule has 0 radical (unpaired) electrons. The van der Waals surface area contributed by atoms with E-state index in [1.54, 1.807) is 0 Å².